The van der Waals surface area contributed by atoms with Crippen molar-refractivity contribution < 1.29 is 19.1 Å². The summed E-state index contributed by atoms with van der Waals surface area (Å²) in [4.78, 5) is 28.6. The first-order valence-corrected chi connectivity index (χ1v) is 8.50. The third kappa shape index (κ3) is 3.38. The number of hydrogen-bond acceptors (Lipinski definition) is 5. The Balaban J connectivity index is 2.11. The molecule has 136 valence electrons. The zero-order valence-electron chi connectivity index (χ0n) is 14.5. The van der Waals surface area contributed by atoms with Crippen molar-refractivity contribution in [2.24, 2.45) is 0 Å². The van der Waals surface area contributed by atoms with Crippen molar-refractivity contribution in [1.29, 1.82) is 0 Å². The van der Waals surface area contributed by atoms with Gasteiger partial charge in [0.05, 0.1) is 11.8 Å². The van der Waals surface area contributed by atoms with Crippen molar-refractivity contribution in [2.45, 2.75) is 6.04 Å². The minimum atomic E-state index is -0.774. The second-order valence-electron chi connectivity index (χ2n) is 6.32. The monoisotopic (exact) mass is 374 g/mol. The van der Waals surface area contributed by atoms with Gasteiger partial charge >= 0.3 is 0 Å². The Morgan fingerprint density at radius 1 is 1.27 bits per heavy atom. The Morgan fingerprint density at radius 3 is 2.65 bits per heavy atom. The third-order valence-electron chi connectivity index (χ3n) is 4.24. The van der Waals surface area contributed by atoms with Gasteiger partial charge in [-0.1, -0.05) is 23.7 Å². The van der Waals surface area contributed by atoms with Crippen molar-refractivity contribution in [1.82, 2.24) is 9.80 Å². The second-order valence-corrected chi connectivity index (χ2v) is 6.76. The van der Waals surface area contributed by atoms with E-state index in [1.807, 2.05) is 19.0 Å². The molecule has 1 amide bonds. The average Bonchev–Trinajstić information content (AvgIpc) is 3.20. The lowest BCUT2D eigenvalue weighted by molar-refractivity contribution is -0.140. The van der Waals surface area contributed by atoms with Crippen molar-refractivity contribution in [2.75, 3.05) is 27.2 Å². The number of rotatable bonds is 5. The molecular weight excluding hydrogens is 356 g/mol. The average molecular weight is 375 g/mol. The maximum Gasteiger partial charge on any atom is 0.295 e. The van der Waals surface area contributed by atoms with Crippen LogP contribution in [0.4, 0.5) is 0 Å². The third-order valence-corrected chi connectivity index (χ3v) is 4.47. The summed E-state index contributed by atoms with van der Waals surface area (Å²) in [7, 11) is 3.76. The summed E-state index contributed by atoms with van der Waals surface area (Å²) < 4.78 is 5.46. The molecule has 1 saturated heterocycles. The van der Waals surface area contributed by atoms with Gasteiger partial charge in [0, 0.05) is 23.7 Å². The molecule has 1 N–H and O–H groups in total. The summed E-state index contributed by atoms with van der Waals surface area (Å²) in [5.74, 6) is -1.23. The summed E-state index contributed by atoms with van der Waals surface area (Å²) in [5, 5.41) is 11.2. The molecule has 2 aromatic rings. The zero-order valence-corrected chi connectivity index (χ0v) is 15.2. The second kappa shape index (κ2) is 7.35. The van der Waals surface area contributed by atoms with Gasteiger partial charge in [-0.05, 0) is 38.4 Å². The van der Waals surface area contributed by atoms with Crippen LogP contribution in [0.2, 0.25) is 5.02 Å². The van der Waals surface area contributed by atoms with Crippen LogP contribution < -0.4 is 0 Å². The Morgan fingerprint density at radius 2 is 2.04 bits per heavy atom. The van der Waals surface area contributed by atoms with Crippen LogP contribution in [0.3, 0.4) is 0 Å². The van der Waals surface area contributed by atoms with Crippen LogP contribution in [0.1, 0.15) is 17.4 Å². The Labute approximate surface area is 156 Å². The predicted molar refractivity (Wildman–Crippen MR) is 97.7 cm³/mol. The molecule has 7 heteroatoms. The molecule has 1 aliphatic rings. The Kier molecular flexibility index (Phi) is 5.15. The van der Waals surface area contributed by atoms with Crippen molar-refractivity contribution in [3.63, 3.8) is 0 Å². The van der Waals surface area contributed by atoms with E-state index in [0.29, 0.717) is 29.4 Å². The van der Waals surface area contributed by atoms with E-state index in [9.17, 15) is 14.7 Å². The van der Waals surface area contributed by atoms with Crippen LogP contribution in [0.25, 0.3) is 5.76 Å². The lowest BCUT2D eigenvalue weighted by atomic mass is 9.99. The molecule has 0 bridgehead atoms. The van der Waals surface area contributed by atoms with Crippen molar-refractivity contribution in [3.8, 4) is 0 Å². The number of benzene rings is 1. The molecule has 0 saturated carbocycles. The highest BCUT2D eigenvalue weighted by atomic mass is 35.5. The summed E-state index contributed by atoms with van der Waals surface area (Å²) >= 11 is 5.99. The Bertz CT molecular complexity index is 858. The zero-order chi connectivity index (χ0) is 18.8. The molecular formula is C19H19ClN2O4. The highest BCUT2D eigenvalue weighted by Crippen LogP contribution is 2.39. The first-order chi connectivity index (χ1) is 12.4. The van der Waals surface area contributed by atoms with E-state index in [4.69, 9.17) is 16.0 Å². The van der Waals surface area contributed by atoms with E-state index in [-0.39, 0.29) is 11.3 Å². The van der Waals surface area contributed by atoms with Crippen LogP contribution >= 0.6 is 11.6 Å². The smallest absolute Gasteiger partial charge is 0.295 e. The number of halogens is 1. The summed E-state index contributed by atoms with van der Waals surface area (Å²) in [6, 6.07) is 9.10. The molecule has 1 aromatic carbocycles. The molecule has 3 rings (SSSR count). The van der Waals surface area contributed by atoms with Crippen LogP contribution in [-0.4, -0.2) is 53.8 Å². The van der Waals surface area contributed by atoms with E-state index in [1.165, 1.54) is 11.2 Å². The number of likely N-dealkylation sites (N-methyl/N-ethyl adjacent to an activating group) is 1. The number of hydrogen-bond donors (Lipinski definition) is 1. The minimum absolute atomic E-state index is 0.00553. The fourth-order valence-electron chi connectivity index (χ4n) is 2.95. The lowest BCUT2D eigenvalue weighted by Crippen LogP contribution is -2.35. The highest BCUT2D eigenvalue weighted by Gasteiger charge is 2.47. The number of ketones is 1. The number of aliphatic hydroxyl groups is 1. The van der Waals surface area contributed by atoms with Gasteiger partial charge in [-0.15, -0.1) is 0 Å². The molecule has 1 unspecified atom stereocenters. The van der Waals surface area contributed by atoms with Crippen LogP contribution in [-0.2, 0) is 9.59 Å². The largest absolute Gasteiger partial charge is 0.507 e. The van der Waals surface area contributed by atoms with Crippen LogP contribution in [0, 0.1) is 0 Å². The highest BCUT2D eigenvalue weighted by molar-refractivity contribution is 6.46. The van der Waals surface area contributed by atoms with Gasteiger partial charge < -0.3 is 19.3 Å². The quantitative estimate of drug-likeness (QED) is 0.495. The number of furan rings is 1. The molecule has 0 radical (unpaired) electrons. The lowest BCUT2D eigenvalue weighted by Gasteiger charge is -2.24. The van der Waals surface area contributed by atoms with Crippen molar-refractivity contribution in [3.05, 3.63) is 64.6 Å². The Hall–Kier alpha value is -2.57. The molecule has 0 aliphatic carbocycles. The maximum absolute atomic E-state index is 12.7. The van der Waals surface area contributed by atoms with Gasteiger partial charge in [-0.3, -0.25) is 9.59 Å². The number of amides is 1. The maximum atomic E-state index is 12.7. The van der Waals surface area contributed by atoms with E-state index in [2.05, 4.69) is 0 Å². The number of carbonyl (C=O) groups is 2. The minimum Gasteiger partial charge on any atom is -0.507 e. The van der Waals surface area contributed by atoms with Crippen molar-refractivity contribution >= 4 is 29.1 Å². The van der Waals surface area contributed by atoms with Crippen LogP contribution in [0.15, 0.2) is 52.7 Å². The van der Waals surface area contributed by atoms with Gasteiger partial charge in [-0.25, -0.2) is 0 Å². The standard InChI is InChI=1S/C19H19ClN2O4/c1-21(2)8-9-22-16(14-7-4-10-26-14)15(18(24)19(22)25)17(23)12-5-3-6-13(20)11-12/h3-7,10-11,16,23H,8-9H2,1-2H3/b17-15-. The van der Waals surface area contributed by atoms with Crippen LogP contribution in [0.5, 0.6) is 0 Å². The number of carbonyl (C=O) groups excluding carboxylic acids is 2. The van der Waals surface area contributed by atoms with E-state index < -0.39 is 17.7 Å². The van der Waals surface area contributed by atoms with Gasteiger partial charge in [0.25, 0.3) is 11.7 Å². The van der Waals surface area contributed by atoms with Gasteiger partial charge in [-0.2, -0.15) is 0 Å². The van der Waals surface area contributed by atoms with E-state index >= 15 is 0 Å². The molecule has 26 heavy (non-hydrogen) atoms. The van der Waals surface area contributed by atoms with E-state index in [0.717, 1.165) is 0 Å². The summed E-state index contributed by atoms with van der Waals surface area (Å²) in [5.41, 5.74) is 0.380. The molecule has 2 heterocycles. The fraction of sp³-hybridized carbons (Fsp3) is 0.263. The molecule has 1 aromatic heterocycles. The number of nitrogens with zero attached hydrogens (tertiary/aromatic N) is 2. The van der Waals surface area contributed by atoms with Gasteiger partial charge in [0.15, 0.2) is 0 Å². The molecule has 6 nitrogen and oxygen atoms in total. The topological polar surface area (TPSA) is 74.0 Å². The first kappa shape index (κ1) is 18.2. The molecule has 1 aliphatic heterocycles. The van der Waals surface area contributed by atoms with E-state index in [1.54, 1.807) is 36.4 Å². The predicted octanol–water partition coefficient (Wildman–Crippen LogP) is 2.92. The van der Waals surface area contributed by atoms with Gasteiger partial charge in [0.1, 0.15) is 17.6 Å². The van der Waals surface area contributed by atoms with Gasteiger partial charge in [0.2, 0.25) is 0 Å². The number of Topliss-reactive ketones (excluding diaryl/α,β-unsaturated/α-hetero) is 1. The number of aliphatic hydroxyl groups excluding tert-OH is 1. The summed E-state index contributed by atoms with van der Waals surface area (Å²) in [6.45, 7) is 0.900. The summed E-state index contributed by atoms with van der Waals surface area (Å²) in [6.07, 6.45) is 1.47. The fourth-order valence-corrected chi connectivity index (χ4v) is 3.14. The molecule has 1 fully saturated rings. The molecule has 0 spiro atoms. The normalized spacial score (nSPS) is 19.5. The molecule has 1 atom stereocenters. The first-order valence-electron chi connectivity index (χ1n) is 8.12. The number of likely N-dealkylation sites (tertiary alicyclic amines) is 1. The SMILES string of the molecule is CN(C)CCN1C(=O)C(=O)/C(=C(\O)c2cccc(Cl)c2)C1c1ccco1.